The van der Waals surface area contributed by atoms with E-state index in [1.165, 1.54) is 11.9 Å². The lowest BCUT2D eigenvalue weighted by Crippen LogP contribution is -1.94. The number of halogens is 2. The van der Waals surface area contributed by atoms with Gasteiger partial charge in [-0.2, -0.15) is 0 Å². The summed E-state index contributed by atoms with van der Waals surface area (Å²) < 4.78 is 0.840. The van der Waals surface area contributed by atoms with Gasteiger partial charge in [-0.05, 0) is 32.1 Å². The van der Waals surface area contributed by atoms with E-state index >= 15 is 0 Å². The van der Waals surface area contributed by atoms with Gasteiger partial charge in [0, 0.05) is 15.1 Å². The smallest absolute Gasteiger partial charge is 0.163 e. The van der Waals surface area contributed by atoms with E-state index in [-0.39, 0.29) is 0 Å². The van der Waals surface area contributed by atoms with Crippen LogP contribution in [-0.2, 0) is 0 Å². The number of rotatable bonds is 4. The molecule has 0 aliphatic rings. The average Bonchev–Trinajstić information content (AvgIpc) is 2.74. The highest BCUT2D eigenvalue weighted by molar-refractivity contribution is 9.11. The maximum absolute atomic E-state index is 5.93. The van der Waals surface area contributed by atoms with Crippen LogP contribution in [0.4, 0.5) is 0 Å². The minimum absolute atomic E-state index is 0.589. The van der Waals surface area contributed by atoms with E-state index in [1.54, 1.807) is 12.2 Å². The zero-order valence-corrected chi connectivity index (χ0v) is 18.1. The Balaban J connectivity index is 0.000000336. The average molecular weight is 455 g/mol. The van der Waals surface area contributed by atoms with Crippen molar-refractivity contribution in [2.45, 2.75) is 13.8 Å². The zero-order valence-electron chi connectivity index (χ0n) is 15.8. The van der Waals surface area contributed by atoms with E-state index in [9.17, 15) is 0 Å². The second-order valence-electron chi connectivity index (χ2n) is 5.72. The van der Waals surface area contributed by atoms with Crippen molar-refractivity contribution in [1.82, 2.24) is 15.0 Å². The lowest BCUT2D eigenvalue weighted by molar-refractivity contribution is 1.04. The second kappa shape index (κ2) is 12.0. The van der Waals surface area contributed by atoms with Gasteiger partial charge in [0.05, 0.1) is 0 Å². The summed E-state index contributed by atoms with van der Waals surface area (Å²) in [5.41, 5.74) is 2.28. The lowest BCUT2D eigenvalue weighted by atomic mass is 10.2. The van der Waals surface area contributed by atoms with Crippen LogP contribution in [0.15, 0.2) is 94.7 Å². The summed E-state index contributed by atoms with van der Waals surface area (Å²) in [5.74, 6) is 1.24. The highest BCUT2D eigenvalue weighted by Crippen LogP contribution is 2.16. The van der Waals surface area contributed by atoms with Crippen molar-refractivity contribution in [2.75, 3.05) is 0 Å². The summed E-state index contributed by atoms with van der Waals surface area (Å²) in [4.78, 5) is 12.7. The number of benzene rings is 2. The quantitative estimate of drug-likeness (QED) is 0.400. The van der Waals surface area contributed by atoms with Crippen LogP contribution in [0.25, 0.3) is 17.5 Å². The fourth-order valence-corrected chi connectivity index (χ4v) is 2.70. The molecular formula is C23H21BrClN3. The Hall–Kier alpha value is -2.56. The first-order chi connectivity index (χ1) is 13.6. The molecule has 0 unspecified atom stereocenters. The van der Waals surface area contributed by atoms with E-state index in [0.29, 0.717) is 16.7 Å². The Morgan fingerprint density at radius 2 is 1.61 bits per heavy atom. The summed E-state index contributed by atoms with van der Waals surface area (Å²) in [7, 11) is 0. The van der Waals surface area contributed by atoms with Gasteiger partial charge in [0.25, 0.3) is 0 Å². The van der Waals surface area contributed by atoms with Crippen molar-refractivity contribution in [3.63, 3.8) is 0 Å². The van der Waals surface area contributed by atoms with Gasteiger partial charge in [0.2, 0.25) is 0 Å². The van der Waals surface area contributed by atoms with E-state index in [2.05, 4.69) is 49.9 Å². The lowest BCUT2D eigenvalue weighted by Gasteiger charge is -1.99. The number of allylic oxidation sites excluding steroid dienone is 5. The number of hydrogen-bond donors (Lipinski definition) is 0. The predicted molar refractivity (Wildman–Crippen MR) is 122 cm³/mol. The summed E-state index contributed by atoms with van der Waals surface area (Å²) >= 11 is 9.34. The topological polar surface area (TPSA) is 38.7 Å². The first kappa shape index (κ1) is 21.7. The van der Waals surface area contributed by atoms with Gasteiger partial charge in [-0.25, -0.2) is 15.0 Å². The van der Waals surface area contributed by atoms with Crippen molar-refractivity contribution in [3.05, 3.63) is 106 Å². The van der Waals surface area contributed by atoms with Gasteiger partial charge < -0.3 is 0 Å². The molecule has 1 aromatic heterocycles. The van der Waals surface area contributed by atoms with Crippen molar-refractivity contribution in [1.29, 1.82) is 0 Å². The van der Waals surface area contributed by atoms with Crippen LogP contribution in [0.3, 0.4) is 0 Å². The van der Waals surface area contributed by atoms with Gasteiger partial charge in [-0.3, -0.25) is 0 Å². The fraction of sp³-hybridized carbons (Fsp3) is 0.0870. The van der Waals surface area contributed by atoms with Crippen LogP contribution < -0.4 is 0 Å². The summed E-state index contributed by atoms with van der Waals surface area (Å²) in [6.45, 7) is 3.96. The highest BCUT2D eigenvalue weighted by atomic mass is 79.9. The van der Waals surface area contributed by atoms with Crippen LogP contribution in [-0.4, -0.2) is 15.0 Å². The Bertz CT molecular complexity index is 952. The number of aromatic nitrogens is 3. The first-order valence-corrected chi connectivity index (χ1v) is 9.89. The van der Waals surface area contributed by atoms with Gasteiger partial charge in [0.15, 0.2) is 11.6 Å². The van der Waals surface area contributed by atoms with Crippen molar-refractivity contribution < 1.29 is 0 Å². The fourth-order valence-electron chi connectivity index (χ4n) is 2.07. The molecule has 0 saturated heterocycles. The largest absolute Gasteiger partial charge is 0.217 e. The molecular weight excluding hydrogens is 434 g/mol. The molecule has 0 bridgehead atoms. The summed E-state index contributed by atoms with van der Waals surface area (Å²) in [6, 6.07) is 20.0. The Kier molecular flexibility index (Phi) is 9.32. The van der Waals surface area contributed by atoms with E-state index < -0.39 is 0 Å². The predicted octanol–water partition coefficient (Wildman–Crippen LogP) is 6.97. The van der Waals surface area contributed by atoms with Gasteiger partial charge in [0.1, 0.15) is 6.33 Å². The van der Waals surface area contributed by atoms with Gasteiger partial charge >= 0.3 is 0 Å². The maximum atomic E-state index is 5.93. The van der Waals surface area contributed by atoms with Gasteiger partial charge in [-0.1, -0.05) is 99.8 Å². The number of aryl methyl sites for hydroxylation is 1. The van der Waals surface area contributed by atoms with Crippen LogP contribution in [0.2, 0.25) is 0 Å². The van der Waals surface area contributed by atoms with Crippen LogP contribution in [0.5, 0.6) is 0 Å². The van der Waals surface area contributed by atoms with Crippen molar-refractivity contribution in [3.8, 4) is 11.4 Å². The Labute approximate surface area is 179 Å². The SMILES string of the molecule is C\C=C(Cl)/C=C(Br)\C=C\c1ncnc(-c2ccccc2)n1.Cc1ccccc1. The Morgan fingerprint density at radius 1 is 0.964 bits per heavy atom. The third kappa shape index (κ3) is 7.99. The number of hydrogen-bond acceptors (Lipinski definition) is 3. The Morgan fingerprint density at radius 3 is 2.18 bits per heavy atom. The summed E-state index contributed by atoms with van der Waals surface area (Å²) in [5, 5.41) is 0.659. The molecule has 28 heavy (non-hydrogen) atoms. The van der Waals surface area contributed by atoms with Crippen LogP contribution in [0.1, 0.15) is 18.3 Å². The van der Waals surface area contributed by atoms with Gasteiger partial charge in [-0.15, -0.1) is 0 Å². The standard InChI is InChI=1S/C16H13BrClN3.C7H8/c1-2-14(18)10-13(17)8-9-15-19-11-20-16(21-15)12-6-4-3-5-7-12;1-7-5-3-2-4-6-7/h2-11H,1H3;2-6H,1H3/b9-8+,13-10+,14-2+;. The molecule has 3 rings (SSSR count). The second-order valence-corrected chi connectivity index (χ2v) is 7.08. The molecule has 0 N–H and O–H groups in total. The molecule has 5 heteroatoms. The molecule has 3 aromatic rings. The normalized spacial score (nSPS) is 11.9. The van der Waals surface area contributed by atoms with Crippen LogP contribution >= 0.6 is 27.5 Å². The molecule has 0 saturated carbocycles. The third-order valence-electron chi connectivity index (χ3n) is 3.51. The third-order valence-corrected chi connectivity index (χ3v) is 4.33. The van der Waals surface area contributed by atoms with E-state index in [0.717, 1.165) is 10.0 Å². The van der Waals surface area contributed by atoms with E-state index in [1.807, 2.05) is 67.6 Å². The molecule has 0 aliphatic heterocycles. The molecule has 142 valence electrons. The minimum Gasteiger partial charge on any atom is -0.217 e. The zero-order chi connectivity index (χ0) is 20.2. The molecule has 0 fully saturated rings. The molecule has 2 aromatic carbocycles. The molecule has 0 aliphatic carbocycles. The van der Waals surface area contributed by atoms with Crippen molar-refractivity contribution in [2.24, 2.45) is 0 Å². The molecule has 1 heterocycles. The highest BCUT2D eigenvalue weighted by Gasteiger charge is 2.01. The maximum Gasteiger partial charge on any atom is 0.163 e. The summed E-state index contributed by atoms with van der Waals surface area (Å²) in [6.07, 6.45) is 8.76. The first-order valence-electron chi connectivity index (χ1n) is 8.71. The molecule has 0 amide bonds. The van der Waals surface area contributed by atoms with E-state index in [4.69, 9.17) is 11.6 Å². The molecule has 3 nitrogen and oxygen atoms in total. The molecule has 0 atom stereocenters. The van der Waals surface area contributed by atoms with Crippen molar-refractivity contribution >= 4 is 33.6 Å². The minimum atomic E-state index is 0.589. The van der Waals surface area contributed by atoms with Crippen LogP contribution in [0, 0.1) is 6.92 Å². The molecule has 0 radical (unpaired) electrons. The monoisotopic (exact) mass is 453 g/mol. The number of nitrogens with zero attached hydrogens (tertiary/aromatic N) is 3. The molecule has 0 spiro atoms.